The Balaban J connectivity index is 1.62. The van der Waals surface area contributed by atoms with Gasteiger partial charge in [-0.3, -0.25) is 9.78 Å². The summed E-state index contributed by atoms with van der Waals surface area (Å²) in [7, 11) is 0. The maximum atomic E-state index is 12.2. The number of aromatic nitrogens is 1. The molecule has 126 valence electrons. The number of pyridine rings is 1. The topological polar surface area (TPSA) is 42.0 Å². The molecule has 3 heteroatoms. The van der Waals surface area contributed by atoms with Crippen molar-refractivity contribution in [2.75, 3.05) is 6.54 Å². The molecule has 3 aromatic rings. The summed E-state index contributed by atoms with van der Waals surface area (Å²) in [6.07, 6.45) is 2.87. The Kier molecular flexibility index (Phi) is 5.94. The van der Waals surface area contributed by atoms with Gasteiger partial charge in [0.05, 0.1) is 0 Å². The lowest BCUT2D eigenvalue weighted by atomic mass is 9.91. The van der Waals surface area contributed by atoms with Gasteiger partial charge in [0, 0.05) is 30.8 Å². The van der Waals surface area contributed by atoms with E-state index in [9.17, 15) is 4.79 Å². The molecule has 3 nitrogen and oxygen atoms in total. The largest absolute Gasteiger partial charge is 0.355 e. The number of hydrogen-bond acceptors (Lipinski definition) is 2. The Morgan fingerprint density at radius 1 is 0.840 bits per heavy atom. The van der Waals surface area contributed by atoms with Gasteiger partial charge in [0.25, 0.3) is 0 Å². The van der Waals surface area contributed by atoms with E-state index in [1.54, 1.807) is 6.20 Å². The van der Waals surface area contributed by atoms with Crippen LogP contribution in [0.3, 0.4) is 0 Å². The molecule has 2 aromatic carbocycles. The van der Waals surface area contributed by atoms with Crippen molar-refractivity contribution in [3.63, 3.8) is 0 Å². The van der Waals surface area contributed by atoms with Crippen LogP contribution in [0.25, 0.3) is 0 Å². The molecule has 3 rings (SSSR count). The van der Waals surface area contributed by atoms with Crippen LogP contribution in [-0.2, 0) is 11.2 Å². The average Bonchev–Trinajstić information content (AvgIpc) is 2.69. The Hall–Kier alpha value is -2.94. The van der Waals surface area contributed by atoms with Crippen LogP contribution >= 0.6 is 0 Å². The van der Waals surface area contributed by atoms with E-state index in [0.717, 1.165) is 5.69 Å². The summed E-state index contributed by atoms with van der Waals surface area (Å²) in [5.41, 5.74) is 3.36. The van der Waals surface area contributed by atoms with Crippen molar-refractivity contribution >= 4 is 5.91 Å². The first-order valence-electron chi connectivity index (χ1n) is 8.59. The summed E-state index contributed by atoms with van der Waals surface area (Å²) in [6, 6.07) is 26.4. The molecular weight excluding hydrogens is 308 g/mol. The van der Waals surface area contributed by atoms with Crippen LogP contribution in [0.1, 0.15) is 29.2 Å². The van der Waals surface area contributed by atoms with Gasteiger partial charge in [0.1, 0.15) is 0 Å². The van der Waals surface area contributed by atoms with Gasteiger partial charge in [-0.25, -0.2) is 0 Å². The molecule has 0 radical (unpaired) electrons. The van der Waals surface area contributed by atoms with E-state index < -0.39 is 0 Å². The number of rotatable bonds is 7. The molecule has 0 spiro atoms. The van der Waals surface area contributed by atoms with Crippen molar-refractivity contribution in [2.45, 2.75) is 18.8 Å². The first-order chi connectivity index (χ1) is 12.3. The molecule has 0 aliphatic heterocycles. The number of hydrogen-bond donors (Lipinski definition) is 1. The lowest BCUT2D eigenvalue weighted by Crippen LogP contribution is -2.29. The van der Waals surface area contributed by atoms with Crippen molar-refractivity contribution in [1.29, 1.82) is 0 Å². The minimum Gasteiger partial charge on any atom is -0.355 e. The van der Waals surface area contributed by atoms with Gasteiger partial charge in [-0.2, -0.15) is 0 Å². The van der Waals surface area contributed by atoms with Crippen molar-refractivity contribution in [3.8, 4) is 0 Å². The molecule has 1 amide bonds. The summed E-state index contributed by atoms with van der Waals surface area (Å²) in [4.78, 5) is 16.5. The van der Waals surface area contributed by atoms with E-state index in [4.69, 9.17) is 0 Å². The zero-order valence-electron chi connectivity index (χ0n) is 14.1. The average molecular weight is 330 g/mol. The normalized spacial score (nSPS) is 10.6. The quantitative estimate of drug-likeness (QED) is 0.712. The third kappa shape index (κ3) is 5.01. The van der Waals surface area contributed by atoms with Gasteiger partial charge in [-0.05, 0) is 29.7 Å². The molecule has 0 atom stereocenters. The molecule has 0 aliphatic rings. The van der Waals surface area contributed by atoms with E-state index in [1.807, 2.05) is 54.6 Å². The zero-order valence-corrected chi connectivity index (χ0v) is 14.1. The Labute approximate surface area is 148 Å². The zero-order chi connectivity index (χ0) is 17.3. The molecule has 0 unspecified atom stereocenters. The summed E-state index contributed by atoms with van der Waals surface area (Å²) < 4.78 is 0. The molecule has 0 fully saturated rings. The highest BCUT2D eigenvalue weighted by Gasteiger charge is 2.15. The van der Waals surface area contributed by atoms with E-state index >= 15 is 0 Å². The molecule has 0 aliphatic carbocycles. The predicted octanol–water partition coefficient (Wildman–Crippen LogP) is 3.96. The summed E-state index contributed by atoms with van der Waals surface area (Å²) in [5, 5.41) is 3.08. The number of carbonyl (C=O) groups is 1. The van der Waals surface area contributed by atoms with Crippen LogP contribution < -0.4 is 5.32 Å². The van der Waals surface area contributed by atoms with E-state index in [-0.39, 0.29) is 11.8 Å². The molecule has 25 heavy (non-hydrogen) atoms. The van der Waals surface area contributed by atoms with Crippen LogP contribution in [-0.4, -0.2) is 17.4 Å². The van der Waals surface area contributed by atoms with Gasteiger partial charge in [0.15, 0.2) is 0 Å². The molecule has 0 saturated carbocycles. The molecule has 1 aromatic heterocycles. The molecule has 0 bridgehead atoms. The second-order valence-corrected chi connectivity index (χ2v) is 6.00. The number of aryl methyl sites for hydroxylation is 1. The van der Waals surface area contributed by atoms with Crippen molar-refractivity contribution < 1.29 is 4.79 Å². The molecular formula is C22H22N2O. The number of benzene rings is 2. The second-order valence-electron chi connectivity index (χ2n) is 6.00. The fourth-order valence-corrected chi connectivity index (χ4v) is 2.89. The van der Waals surface area contributed by atoms with Crippen LogP contribution in [0.5, 0.6) is 0 Å². The van der Waals surface area contributed by atoms with Crippen LogP contribution in [0.15, 0.2) is 85.1 Å². The summed E-state index contributed by atoms with van der Waals surface area (Å²) >= 11 is 0. The van der Waals surface area contributed by atoms with Gasteiger partial charge in [-0.1, -0.05) is 66.7 Å². The highest BCUT2D eigenvalue weighted by atomic mass is 16.1. The van der Waals surface area contributed by atoms with Gasteiger partial charge >= 0.3 is 0 Å². The lowest BCUT2D eigenvalue weighted by molar-refractivity contribution is -0.121. The Morgan fingerprint density at radius 2 is 1.44 bits per heavy atom. The number of carbonyl (C=O) groups excluding carboxylic acids is 1. The van der Waals surface area contributed by atoms with Gasteiger partial charge < -0.3 is 5.32 Å². The molecule has 1 N–H and O–H groups in total. The SMILES string of the molecule is O=C(CCc1ccccn1)NCC(c1ccccc1)c1ccccc1. The number of amides is 1. The standard InChI is InChI=1S/C22H22N2O/c25-22(15-14-20-13-7-8-16-23-20)24-17-21(18-9-3-1-4-10-18)19-11-5-2-6-12-19/h1-13,16,21H,14-15,17H2,(H,24,25). The second kappa shape index (κ2) is 8.78. The maximum Gasteiger partial charge on any atom is 0.220 e. The third-order valence-corrected chi connectivity index (χ3v) is 4.24. The first-order valence-corrected chi connectivity index (χ1v) is 8.59. The summed E-state index contributed by atoms with van der Waals surface area (Å²) in [5.74, 6) is 0.212. The fourth-order valence-electron chi connectivity index (χ4n) is 2.89. The van der Waals surface area contributed by atoms with Crippen molar-refractivity contribution in [2.24, 2.45) is 0 Å². The Bertz CT molecular complexity index is 733. The molecule has 0 saturated heterocycles. The lowest BCUT2D eigenvalue weighted by Gasteiger charge is -2.19. The minimum atomic E-state index is 0.0579. The van der Waals surface area contributed by atoms with Crippen LogP contribution in [0.4, 0.5) is 0 Å². The smallest absolute Gasteiger partial charge is 0.220 e. The fraction of sp³-hybridized carbons (Fsp3) is 0.182. The van der Waals surface area contributed by atoms with E-state index in [1.165, 1.54) is 11.1 Å². The van der Waals surface area contributed by atoms with E-state index in [2.05, 4.69) is 34.6 Å². The molecule has 1 heterocycles. The van der Waals surface area contributed by atoms with Gasteiger partial charge in [-0.15, -0.1) is 0 Å². The highest BCUT2D eigenvalue weighted by Crippen LogP contribution is 2.23. The maximum absolute atomic E-state index is 12.2. The first kappa shape index (κ1) is 16.9. The van der Waals surface area contributed by atoms with Crippen molar-refractivity contribution in [1.82, 2.24) is 10.3 Å². The highest BCUT2D eigenvalue weighted by molar-refractivity contribution is 5.76. The summed E-state index contributed by atoms with van der Waals surface area (Å²) in [6.45, 7) is 0.592. The number of nitrogens with one attached hydrogen (secondary N) is 1. The van der Waals surface area contributed by atoms with Crippen LogP contribution in [0, 0.1) is 0 Å². The Morgan fingerprint density at radius 3 is 2.00 bits per heavy atom. The third-order valence-electron chi connectivity index (χ3n) is 4.24. The van der Waals surface area contributed by atoms with E-state index in [0.29, 0.717) is 19.4 Å². The van der Waals surface area contributed by atoms with Crippen molar-refractivity contribution in [3.05, 3.63) is 102 Å². The van der Waals surface area contributed by atoms with Crippen LogP contribution in [0.2, 0.25) is 0 Å². The monoisotopic (exact) mass is 330 g/mol. The minimum absolute atomic E-state index is 0.0579. The predicted molar refractivity (Wildman–Crippen MR) is 100 cm³/mol. The van der Waals surface area contributed by atoms with Gasteiger partial charge in [0.2, 0.25) is 5.91 Å². The number of nitrogens with zero attached hydrogens (tertiary/aromatic N) is 1.